The highest BCUT2D eigenvalue weighted by Gasteiger charge is 2.34. The molecule has 0 saturated carbocycles. The van der Waals surface area contributed by atoms with Crippen molar-refractivity contribution in [1.82, 2.24) is 20.1 Å². The molecule has 12 heteroatoms. The number of guanidine groups is 1. The minimum absolute atomic E-state index is 0. The molecule has 2 saturated heterocycles. The molecule has 0 bridgehead atoms. The fraction of sp³-hybridized carbons (Fsp3) is 0.706. The van der Waals surface area contributed by atoms with Gasteiger partial charge in [0.1, 0.15) is 11.1 Å². The Bertz CT molecular complexity index is 701. The standard InChI is InChI=1S/C17H24F3N5O2S.HI/c1-2-21-16(22-10-14-23-13(11-28-14)17(18,19)20)25-7-5-24(6-8-25)15(26)12-4-3-9-27-12;/h11-12H,2-10H2,1H3,(H,21,22);1H. The highest BCUT2D eigenvalue weighted by atomic mass is 127. The van der Waals surface area contributed by atoms with E-state index < -0.39 is 11.9 Å². The molecule has 0 spiro atoms. The molecule has 2 fully saturated rings. The number of halogens is 4. The number of hydrogen-bond donors (Lipinski definition) is 1. The largest absolute Gasteiger partial charge is 0.434 e. The van der Waals surface area contributed by atoms with Gasteiger partial charge in [-0.1, -0.05) is 0 Å². The molecule has 2 aliphatic rings. The lowest BCUT2D eigenvalue weighted by molar-refractivity contribution is -0.142. The van der Waals surface area contributed by atoms with Crippen LogP contribution in [0.2, 0.25) is 0 Å². The van der Waals surface area contributed by atoms with Gasteiger partial charge in [0.2, 0.25) is 0 Å². The molecule has 3 heterocycles. The van der Waals surface area contributed by atoms with Crippen LogP contribution in [0.3, 0.4) is 0 Å². The molecule has 7 nitrogen and oxygen atoms in total. The number of carbonyl (C=O) groups is 1. The van der Waals surface area contributed by atoms with Gasteiger partial charge in [-0.3, -0.25) is 4.79 Å². The number of alkyl halides is 3. The predicted molar refractivity (Wildman–Crippen MR) is 114 cm³/mol. The van der Waals surface area contributed by atoms with Crippen LogP contribution in [0.4, 0.5) is 13.2 Å². The summed E-state index contributed by atoms with van der Waals surface area (Å²) in [6.45, 7) is 5.64. The van der Waals surface area contributed by atoms with Crippen molar-refractivity contribution in [3.63, 3.8) is 0 Å². The molecule has 164 valence electrons. The van der Waals surface area contributed by atoms with E-state index in [-0.39, 0.29) is 42.5 Å². The maximum absolute atomic E-state index is 12.7. The number of hydrogen-bond acceptors (Lipinski definition) is 5. The number of amides is 1. The van der Waals surface area contributed by atoms with Crippen molar-refractivity contribution in [2.24, 2.45) is 4.99 Å². The Morgan fingerprint density at radius 3 is 2.59 bits per heavy atom. The summed E-state index contributed by atoms with van der Waals surface area (Å²) in [7, 11) is 0. The molecule has 1 aromatic rings. The van der Waals surface area contributed by atoms with Crippen molar-refractivity contribution in [3.05, 3.63) is 16.1 Å². The second kappa shape index (κ2) is 10.8. The topological polar surface area (TPSA) is 70.1 Å². The summed E-state index contributed by atoms with van der Waals surface area (Å²) in [5.41, 5.74) is -0.881. The zero-order chi connectivity index (χ0) is 20.1. The van der Waals surface area contributed by atoms with Crippen molar-refractivity contribution in [2.75, 3.05) is 39.3 Å². The monoisotopic (exact) mass is 547 g/mol. The Hall–Kier alpha value is -1.15. The maximum atomic E-state index is 12.7. The van der Waals surface area contributed by atoms with E-state index in [0.717, 1.165) is 29.6 Å². The lowest BCUT2D eigenvalue weighted by Gasteiger charge is -2.37. The van der Waals surface area contributed by atoms with Crippen LogP contribution in [0.5, 0.6) is 0 Å². The molecule has 2 aliphatic heterocycles. The van der Waals surface area contributed by atoms with Crippen LogP contribution in [0.15, 0.2) is 10.4 Å². The van der Waals surface area contributed by atoms with Crippen LogP contribution in [0, 0.1) is 0 Å². The summed E-state index contributed by atoms with van der Waals surface area (Å²) in [5.74, 6) is 0.664. The van der Waals surface area contributed by atoms with Crippen molar-refractivity contribution in [2.45, 2.75) is 38.6 Å². The maximum Gasteiger partial charge on any atom is 0.434 e. The summed E-state index contributed by atoms with van der Waals surface area (Å²) in [5, 5.41) is 4.48. The van der Waals surface area contributed by atoms with E-state index >= 15 is 0 Å². The molecule has 1 aromatic heterocycles. The highest BCUT2D eigenvalue weighted by Crippen LogP contribution is 2.30. The molecule has 29 heavy (non-hydrogen) atoms. The number of aliphatic imine (C=N–C) groups is 1. The predicted octanol–water partition coefficient (Wildman–Crippen LogP) is 2.57. The summed E-state index contributed by atoms with van der Waals surface area (Å²) in [6.07, 6.45) is -3.06. The Balaban J connectivity index is 0.00000300. The number of rotatable bonds is 4. The molecule has 3 rings (SSSR count). The molecular weight excluding hydrogens is 522 g/mol. The third-order valence-corrected chi connectivity index (χ3v) is 5.47. The van der Waals surface area contributed by atoms with E-state index in [1.165, 1.54) is 0 Å². The van der Waals surface area contributed by atoms with Gasteiger partial charge in [0.25, 0.3) is 5.91 Å². The van der Waals surface area contributed by atoms with Crippen LogP contribution in [0.25, 0.3) is 0 Å². The van der Waals surface area contributed by atoms with Gasteiger partial charge < -0.3 is 19.9 Å². The fourth-order valence-corrected chi connectivity index (χ4v) is 3.92. The fourth-order valence-electron chi connectivity index (χ4n) is 3.20. The first-order valence-corrected chi connectivity index (χ1v) is 10.2. The van der Waals surface area contributed by atoms with Gasteiger partial charge in [0.15, 0.2) is 11.7 Å². The Labute approximate surface area is 188 Å². The zero-order valence-electron chi connectivity index (χ0n) is 16.1. The third-order valence-electron chi connectivity index (χ3n) is 4.64. The quantitative estimate of drug-likeness (QED) is 0.357. The summed E-state index contributed by atoms with van der Waals surface area (Å²) >= 11 is 0.950. The molecule has 1 N–H and O–H groups in total. The molecule has 0 aliphatic carbocycles. The van der Waals surface area contributed by atoms with Crippen LogP contribution < -0.4 is 5.32 Å². The van der Waals surface area contributed by atoms with Crippen molar-refractivity contribution >= 4 is 47.2 Å². The minimum atomic E-state index is -4.44. The van der Waals surface area contributed by atoms with E-state index in [0.29, 0.717) is 50.3 Å². The molecular formula is C17H25F3IN5O2S. The van der Waals surface area contributed by atoms with Gasteiger partial charge in [-0.05, 0) is 19.8 Å². The smallest absolute Gasteiger partial charge is 0.368 e. The Kier molecular flexibility index (Phi) is 8.94. The number of aromatic nitrogens is 1. The number of thiazole rings is 1. The van der Waals surface area contributed by atoms with Gasteiger partial charge in [0, 0.05) is 44.7 Å². The van der Waals surface area contributed by atoms with Crippen LogP contribution in [-0.2, 0) is 22.3 Å². The summed E-state index contributed by atoms with van der Waals surface area (Å²) < 4.78 is 43.5. The zero-order valence-corrected chi connectivity index (χ0v) is 19.2. The lowest BCUT2D eigenvalue weighted by atomic mass is 10.2. The first kappa shape index (κ1) is 24.1. The van der Waals surface area contributed by atoms with Crippen LogP contribution in [-0.4, -0.2) is 72.1 Å². The molecule has 0 radical (unpaired) electrons. The Morgan fingerprint density at radius 2 is 2.03 bits per heavy atom. The van der Waals surface area contributed by atoms with E-state index in [2.05, 4.69) is 15.3 Å². The summed E-state index contributed by atoms with van der Waals surface area (Å²) in [4.78, 5) is 24.3. The van der Waals surface area contributed by atoms with Gasteiger partial charge in [-0.15, -0.1) is 35.3 Å². The van der Waals surface area contributed by atoms with Gasteiger partial charge in [-0.2, -0.15) is 13.2 Å². The van der Waals surface area contributed by atoms with Crippen LogP contribution in [0.1, 0.15) is 30.5 Å². The normalized spacial score (nSPS) is 20.6. The molecule has 0 aromatic carbocycles. The van der Waals surface area contributed by atoms with Gasteiger partial charge in [-0.25, -0.2) is 9.98 Å². The highest BCUT2D eigenvalue weighted by molar-refractivity contribution is 14.0. The van der Waals surface area contributed by atoms with Crippen LogP contribution >= 0.6 is 35.3 Å². The van der Waals surface area contributed by atoms with Gasteiger partial charge >= 0.3 is 6.18 Å². The number of carbonyl (C=O) groups excluding carboxylic acids is 1. The van der Waals surface area contributed by atoms with Crippen molar-refractivity contribution in [3.8, 4) is 0 Å². The number of ether oxygens (including phenoxy) is 1. The second-order valence-electron chi connectivity index (χ2n) is 6.61. The van der Waals surface area contributed by atoms with E-state index in [1.807, 2.05) is 16.7 Å². The van der Waals surface area contributed by atoms with E-state index in [1.54, 1.807) is 0 Å². The second-order valence-corrected chi connectivity index (χ2v) is 7.55. The molecule has 1 unspecified atom stereocenters. The average molecular weight is 547 g/mol. The first-order chi connectivity index (χ1) is 13.4. The minimum Gasteiger partial charge on any atom is -0.368 e. The molecule has 1 amide bonds. The number of nitrogens with zero attached hydrogens (tertiary/aromatic N) is 4. The van der Waals surface area contributed by atoms with E-state index in [9.17, 15) is 18.0 Å². The third kappa shape index (κ3) is 6.41. The number of nitrogens with one attached hydrogen (secondary N) is 1. The SMILES string of the molecule is CCNC(=NCc1nc(C(F)(F)F)cs1)N1CCN(C(=O)C2CCCO2)CC1.I. The van der Waals surface area contributed by atoms with Crippen molar-refractivity contribution in [1.29, 1.82) is 0 Å². The number of piperazine rings is 1. The molecule has 1 atom stereocenters. The summed E-state index contributed by atoms with van der Waals surface area (Å²) in [6, 6.07) is 0. The van der Waals surface area contributed by atoms with E-state index in [4.69, 9.17) is 4.74 Å². The Morgan fingerprint density at radius 1 is 1.34 bits per heavy atom. The van der Waals surface area contributed by atoms with Crippen molar-refractivity contribution < 1.29 is 22.7 Å². The van der Waals surface area contributed by atoms with Gasteiger partial charge in [0.05, 0.1) is 6.54 Å². The first-order valence-electron chi connectivity index (χ1n) is 9.33. The average Bonchev–Trinajstić information content (AvgIpc) is 3.36. The lowest BCUT2D eigenvalue weighted by Crippen LogP contribution is -2.55.